The predicted molar refractivity (Wildman–Crippen MR) is 92.9 cm³/mol. The average Bonchev–Trinajstić information content (AvgIpc) is 2.63. The summed E-state index contributed by atoms with van der Waals surface area (Å²) in [4.78, 5) is 19.8. The number of halogens is 3. The number of benzene rings is 1. The van der Waals surface area contributed by atoms with Crippen molar-refractivity contribution in [2.24, 2.45) is 0 Å². The molecule has 1 aromatic heterocycles. The van der Waals surface area contributed by atoms with Gasteiger partial charge in [0.25, 0.3) is 0 Å². The van der Waals surface area contributed by atoms with Gasteiger partial charge in [-0.15, -0.1) is 0 Å². The summed E-state index contributed by atoms with van der Waals surface area (Å²) in [6.07, 6.45) is -1.01. The van der Waals surface area contributed by atoms with Crippen molar-refractivity contribution in [1.82, 2.24) is 14.8 Å². The molecule has 1 aromatic carbocycles. The van der Waals surface area contributed by atoms with Crippen LogP contribution < -0.4 is 0 Å². The molecule has 0 bridgehead atoms. The van der Waals surface area contributed by atoms with Crippen molar-refractivity contribution in [1.29, 1.82) is 0 Å². The van der Waals surface area contributed by atoms with Crippen molar-refractivity contribution in [2.45, 2.75) is 18.8 Å². The van der Waals surface area contributed by atoms with E-state index in [1.807, 2.05) is 12.1 Å². The molecule has 27 heavy (non-hydrogen) atoms. The fourth-order valence-corrected chi connectivity index (χ4v) is 3.32. The maximum Gasteiger partial charge on any atom is 0.416 e. The van der Waals surface area contributed by atoms with Gasteiger partial charge in [0, 0.05) is 45.1 Å². The number of piperazine rings is 1. The number of aromatic nitrogens is 1. The van der Waals surface area contributed by atoms with Crippen LogP contribution in [0.5, 0.6) is 0 Å². The SMILES string of the molecule is O=C(O)[C@@H](c1cccc(C(F)(F)F)c1)N1CCN(Cc2cccnc2)CC1. The smallest absolute Gasteiger partial charge is 0.416 e. The summed E-state index contributed by atoms with van der Waals surface area (Å²) in [5.74, 6) is -1.14. The van der Waals surface area contributed by atoms with Crippen LogP contribution in [-0.4, -0.2) is 52.0 Å². The van der Waals surface area contributed by atoms with Crippen molar-refractivity contribution in [3.05, 3.63) is 65.5 Å². The van der Waals surface area contributed by atoms with Gasteiger partial charge in [0.05, 0.1) is 5.56 Å². The molecule has 3 rings (SSSR count). The molecule has 8 heteroatoms. The minimum Gasteiger partial charge on any atom is -0.480 e. The van der Waals surface area contributed by atoms with Crippen LogP contribution >= 0.6 is 0 Å². The van der Waals surface area contributed by atoms with Gasteiger partial charge in [-0.25, -0.2) is 0 Å². The number of carboxylic acids is 1. The normalized spacial score (nSPS) is 17.6. The fraction of sp³-hybridized carbons (Fsp3) is 0.368. The number of pyridine rings is 1. The van der Waals surface area contributed by atoms with E-state index in [9.17, 15) is 23.1 Å². The van der Waals surface area contributed by atoms with E-state index in [0.29, 0.717) is 32.7 Å². The first kappa shape index (κ1) is 19.3. The van der Waals surface area contributed by atoms with Gasteiger partial charge < -0.3 is 5.11 Å². The molecule has 1 saturated heterocycles. The lowest BCUT2D eigenvalue weighted by molar-refractivity contribution is -0.145. The van der Waals surface area contributed by atoms with E-state index in [1.54, 1.807) is 17.3 Å². The standard InChI is InChI=1S/C19H20F3N3O2/c20-19(21,22)16-5-1-4-15(11-16)17(18(26)27)25-9-7-24(8-10-25)13-14-3-2-6-23-12-14/h1-6,11-12,17H,7-10,13H2,(H,26,27)/t17-/m1/s1. The Balaban J connectivity index is 1.70. The Morgan fingerprint density at radius 2 is 1.89 bits per heavy atom. The van der Waals surface area contributed by atoms with Gasteiger partial charge in [-0.2, -0.15) is 13.2 Å². The van der Waals surface area contributed by atoms with Crippen LogP contribution in [-0.2, 0) is 17.5 Å². The van der Waals surface area contributed by atoms with Gasteiger partial charge in [0.1, 0.15) is 6.04 Å². The van der Waals surface area contributed by atoms with E-state index in [4.69, 9.17) is 0 Å². The second-order valence-corrected chi connectivity index (χ2v) is 6.54. The first-order valence-electron chi connectivity index (χ1n) is 8.60. The number of hydrogen-bond acceptors (Lipinski definition) is 4. The molecule has 1 N–H and O–H groups in total. The highest BCUT2D eigenvalue weighted by Crippen LogP contribution is 2.32. The molecule has 1 atom stereocenters. The predicted octanol–water partition coefficient (Wildman–Crippen LogP) is 3.04. The molecule has 0 spiro atoms. The fourth-order valence-electron chi connectivity index (χ4n) is 3.32. The quantitative estimate of drug-likeness (QED) is 0.866. The van der Waals surface area contributed by atoms with Gasteiger partial charge in [-0.1, -0.05) is 18.2 Å². The average molecular weight is 379 g/mol. The topological polar surface area (TPSA) is 56.7 Å². The highest BCUT2D eigenvalue weighted by molar-refractivity contribution is 5.75. The van der Waals surface area contributed by atoms with E-state index < -0.39 is 23.8 Å². The molecule has 0 unspecified atom stereocenters. The Morgan fingerprint density at radius 1 is 1.15 bits per heavy atom. The van der Waals surface area contributed by atoms with E-state index in [2.05, 4.69) is 9.88 Å². The number of carboxylic acid groups (broad SMARTS) is 1. The van der Waals surface area contributed by atoms with Crippen LogP contribution in [0.15, 0.2) is 48.8 Å². The molecule has 0 aliphatic carbocycles. The Morgan fingerprint density at radius 3 is 2.48 bits per heavy atom. The second-order valence-electron chi connectivity index (χ2n) is 6.54. The van der Waals surface area contributed by atoms with Gasteiger partial charge >= 0.3 is 12.1 Å². The molecule has 1 aliphatic rings. The van der Waals surface area contributed by atoms with Crippen LogP contribution in [0.4, 0.5) is 13.2 Å². The van der Waals surface area contributed by atoms with Crippen LogP contribution in [0.1, 0.15) is 22.7 Å². The van der Waals surface area contributed by atoms with Gasteiger partial charge in [-0.3, -0.25) is 19.6 Å². The Labute approximate surface area is 155 Å². The summed E-state index contributed by atoms with van der Waals surface area (Å²) in [5.41, 5.74) is 0.387. The third-order valence-electron chi connectivity index (χ3n) is 4.66. The lowest BCUT2D eigenvalue weighted by Gasteiger charge is -2.38. The number of carbonyl (C=O) groups is 1. The molecule has 1 fully saturated rings. The Bertz CT molecular complexity index is 775. The first-order valence-corrected chi connectivity index (χ1v) is 8.60. The van der Waals surface area contributed by atoms with E-state index in [0.717, 1.165) is 17.7 Å². The van der Waals surface area contributed by atoms with Gasteiger partial charge in [-0.05, 0) is 29.3 Å². The summed E-state index contributed by atoms with van der Waals surface area (Å²) >= 11 is 0. The first-order chi connectivity index (χ1) is 12.8. The summed E-state index contributed by atoms with van der Waals surface area (Å²) in [6.45, 7) is 2.92. The number of rotatable bonds is 5. The summed E-state index contributed by atoms with van der Waals surface area (Å²) < 4.78 is 38.9. The summed E-state index contributed by atoms with van der Waals surface area (Å²) in [7, 11) is 0. The molecular formula is C19H20F3N3O2. The third-order valence-corrected chi connectivity index (χ3v) is 4.66. The molecular weight excluding hydrogens is 359 g/mol. The largest absolute Gasteiger partial charge is 0.480 e. The van der Waals surface area contributed by atoms with Gasteiger partial charge in [0.15, 0.2) is 0 Å². The zero-order valence-electron chi connectivity index (χ0n) is 14.6. The molecule has 144 valence electrons. The molecule has 0 saturated carbocycles. The van der Waals surface area contributed by atoms with E-state index in [1.165, 1.54) is 12.1 Å². The van der Waals surface area contributed by atoms with Crippen molar-refractivity contribution in [3.8, 4) is 0 Å². The highest BCUT2D eigenvalue weighted by Gasteiger charge is 2.34. The second kappa shape index (κ2) is 8.06. The van der Waals surface area contributed by atoms with E-state index in [-0.39, 0.29) is 5.56 Å². The van der Waals surface area contributed by atoms with Gasteiger partial charge in [0.2, 0.25) is 0 Å². The Kier molecular flexibility index (Phi) is 5.76. The van der Waals surface area contributed by atoms with Crippen LogP contribution in [0.25, 0.3) is 0 Å². The number of alkyl halides is 3. The summed E-state index contributed by atoms with van der Waals surface area (Å²) in [6, 6.07) is 7.33. The lowest BCUT2D eigenvalue weighted by atomic mass is 10.0. The molecule has 5 nitrogen and oxygen atoms in total. The summed E-state index contributed by atoms with van der Waals surface area (Å²) in [5, 5.41) is 9.63. The van der Waals surface area contributed by atoms with Crippen molar-refractivity contribution >= 4 is 5.97 Å². The number of hydrogen-bond donors (Lipinski definition) is 1. The molecule has 1 aliphatic heterocycles. The monoisotopic (exact) mass is 379 g/mol. The molecule has 0 amide bonds. The molecule has 2 aromatic rings. The Hall–Kier alpha value is -2.45. The molecule has 0 radical (unpaired) electrons. The maximum absolute atomic E-state index is 13.0. The van der Waals surface area contributed by atoms with Crippen molar-refractivity contribution < 1.29 is 23.1 Å². The molecule has 2 heterocycles. The zero-order chi connectivity index (χ0) is 19.4. The third kappa shape index (κ3) is 4.84. The number of nitrogens with zero attached hydrogens (tertiary/aromatic N) is 3. The lowest BCUT2D eigenvalue weighted by Crippen LogP contribution is -2.48. The number of aliphatic carboxylic acids is 1. The maximum atomic E-state index is 13.0. The highest BCUT2D eigenvalue weighted by atomic mass is 19.4. The van der Waals surface area contributed by atoms with Crippen LogP contribution in [0, 0.1) is 0 Å². The van der Waals surface area contributed by atoms with Crippen molar-refractivity contribution in [2.75, 3.05) is 26.2 Å². The van der Waals surface area contributed by atoms with E-state index >= 15 is 0 Å². The zero-order valence-corrected chi connectivity index (χ0v) is 14.6. The minimum atomic E-state index is -4.50. The van der Waals surface area contributed by atoms with Crippen LogP contribution in [0.3, 0.4) is 0 Å². The van der Waals surface area contributed by atoms with Crippen LogP contribution in [0.2, 0.25) is 0 Å². The van der Waals surface area contributed by atoms with Crippen molar-refractivity contribution in [3.63, 3.8) is 0 Å². The minimum absolute atomic E-state index is 0.151.